The van der Waals surface area contributed by atoms with Crippen molar-refractivity contribution in [2.45, 2.75) is 49.9 Å². The van der Waals surface area contributed by atoms with E-state index in [1.165, 1.54) is 0 Å². The first-order valence-electron chi connectivity index (χ1n) is 9.60. The average Bonchev–Trinajstić information content (AvgIpc) is 2.71. The number of ether oxygens (including phenoxy) is 1. The van der Waals surface area contributed by atoms with Gasteiger partial charge in [-0.2, -0.15) is 13.2 Å². The molecule has 0 amide bonds. The molecule has 0 spiro atoms. The molecule has 1 aliphatic rings. The number of aliphatic hydroxyl groups excluding tert-OH is 1. The minimum absolute atomic E-state index is 0.00518. The van der Waals surface area contributed by atoms with Crippen molar-refractivity contribution >= 4 is 22.6 Å². The van der Waals surface area contributed by atoms with E-state index in [0.29, 0.717) is 23.9 Å². The summed E-state index contributed by atoms with van der Waals surface area (Å²) < 4.78 is 58.3. The summed E-state index contributed by atoms with van der Waals surface area (Å²) >= 11 is 0. The quantitative estimate of drug-likeness (QED) is 0.592. The predicted molar refractivity (Wildman–Crippen MR) is 108 cm³/mol. The Hall–Kier alpha value is -2.88. The van der Waals surface area contributed by atoms with Crippen molar-refractivity contribution in [1.82, 2.24) is 4.98 Å². The molecule has 31 heavy (non-hydrogen) atoms. The predicted octanol–water partition coefficient (Wildman–Crippen LogP) is 4.71. The third-order valence-electron chi connectivity index (χ3n) is 4.67. The number of rotatable bonds is 7. The van der Waals surface area contributed by atoms with Crippen molar-refractivity contribution in [2.24, 2.45) is 0 Å². The standard InChI is InChI=1S/C21H21F3N2O4S/c1-2-4-16-11-18(27)17(20(28)30-16)10-13-5-3-6-15(9-13)26-31(29)19-8-7-14(12-25-19)21(22,23)24/h3,5-9,12,16,26-27H,2,4,10-11H2,1H3. The van der Waals surface area contributed by atoms with Crippen LogP contribution in [-0.2, 0) is 33.1 Å². The number of pyridine rings is 1. The molecule has 6 nitrogen and oxygen atoms in total. The number of aromatic nitrogens is 1. The Kier molecular flexibility index (Phi) is 6.99. The lowest BCUT2D eigenvalue weighted by atomic mass is 9.98. The number of esters is 1. The summed E-state index contributed by atoms with van der Waals surface area (Å²) in [7, 11) is -1.89. The second-order valence-corrected chi connectivity index (χ2v) is 8.24. The van der Waals surface area contributed by atoms with Crippen LogP contribution in [-0.4, -0.2) is 26.4 Å². The zero-order valence-corrected chi connectivity index (χ0v) is 17.4. The number of carbonyl (C=O) groups is 1. The van der Waals surface area contributed by atoms with E-state index in [1.54, 1.807) is 24.3 Å². The first-order valence-corrected chi connectivity index (χ1v) is 10.7. The van der Waals surface area contributed by atoms with Crippen LogP contribution in [0.5, 0.6) is 0 Å². The molecule has 0 fully saturated rings. The van der Waals surface area contributed by atoms with E-state index in [4.69, 9.17) is 4.74 Å². The molecule has 2 N–H and O–H groups in total. The molecule has 1 aromatic carbocycles. The van der Waals surface area contributed by atoms with Crippen molar-refractivity contribution in [2.75, 3.05) is 4.72 Å². The second kappa shape index (κ2) is 9.51. The zero-order valence-electron chi connectivity index (χ0n) is 16.6. The lowest BCUT2D eigenvalue weighted by Crippen LogP contribution is -2.27. The molecule has 3 rings (SSSR count). The summed E-state index contributed by atoms with van der Waals surface area (Å²) in [4.78, 5) is 15.9. The van der Waals surface area contributed by atoms with Crippen molar-refractivity contribution < 1.29 is 32.0 Å². The lowest BCUT2D eigenvalue weighted by molar-refractivity contribution is -0.147. The molecule has 2 heterocycles. The van der Waals surface area contributed by atoms with Gasteiger partial charge < -0.3 is 9.84 Å². The van der Waals surface area contributed by atoms with E-state index in [-0.39, 0.29) is 35.3 Å². The molecular weight excluding hydrogens is 433 g/mol. The van der Waals surface area contributed by atoms with E-state index < -0.39 is 28.7 Å². The summed E-state index contributed by atoms with van der Waals surface area (Å²) in [5.74, 6) is -0.552. The van der Waals surface area contributed by atoms with Gasteiger partial charge in [-0.15, -0.1) is 0 Å². The van der Waals surface area contributed by atoms with E-state index in [9.17, 15) is 27.3 Å². The van der Waals surface area contributed by atoms with Crippen molar-refractivity contribution in [1.29, 1.82) is 0 Å². The monoisotopic (exact) mass is 454 g/mol. The maximum atomic E-state index is 12.6. The van der Waals surface area contributed by atoms with E-state index in [2.05, 4.69) is 9.71 Å². The van der Waals surface area contributed by atoms with Crippen LogP contribution in [0.1, 0.15) is 37.3 Å². The number of cyclic esters (lactones) is 1. The summed E-state index contributed by atoms with van der Waals surface area (Å²) in [5.41, 5.74) is 0.333. The number of benzene rings is 1. The van der Waals surface area contributed by atoms with E-state index >= 15 is 0 Å². The molecule has 0 radical (unpaired) electrons. The third-order valence-corrected chi connectivity index (χ3v) is 5.71. The zero-order chi connectivity index (χ0) is 22.6. The van der Waals surface area contributed by atoms with Crippen LogP contribution in [0.15, 0.2) is 59.0 Å². The van der Waals surface area contributed by atoms with Crippen LogP contribution >= 0.6 is 0 Å². The fraction of sp³-hybridized carbons (Fsp3) is 0.333. The minimum atomic E-state index is -4.52. The van der Waals surface area contributed by atoms with E-state index in [1.807, 2.05) is 6.92 Å². The van der Waals surface area contributed by atoms with Gasteiger partial charge in [0, 0.05) is 24.7 Å². The molecule has 2 unspecified atom stereocenters. The van der Waals surface area contributed by atoms with Gasteiger partial charge in [-0.3, -0.25) is 4.72 Å². The third kappa shape index (κ3) is 5.84. The van der Waals surface area contributed by atoms with Gasteiger partial charge in [0.25, 0.3) is 0 Å². The van der Waals surface area contributed by atoms with Gasteiger partial charge in [0.05, 0.1) is 11.1 Å². The summed E-state index contributed by atoms with van der Waals surface area (Å²) in [5, 5.41) is 10.2. The summed E-state index contributed by atoms with van der Waals surface area (Å²) in [6.45, 7) is 1.97. The molecule has 2 atom stereocenters. The van der Waals surface area contributed by atoms with Crippen molar-refractivity contribution in [3.8, 4) is 0 Å². The maximum absolute atomic E-state index is 12.6. The minimum Gasteiger partial charge on any atom is -0.512 e. The van der Waals surface area contributed by atoms with Crippen LogP contribution in [0, 0.1) is 0 Å². The van der Waals surface area contributed by atoms with Crippen LogP contribution in [0.25, 0.3) is 0 Å². The molecule has 1 aliphatic heterocycles. The molecule has 0 aliphatic carbocycles. The van der Waals surface area contributed by atoms with Crippen molar-refractivity contribution in [3.05, 3.63) is 65.1 Å². The topological polar surface area (TPSA) is 88.5 Å². The van der Waals surface area contributed by atoms with Crippen LogP contribution in [0.4, 0.5) is 18.9 Å². The van der Waals surface area contributed by atoms with Gasteiger partial charge >= 0.3 is 12.1 Å². The van der Waals surface area contributed by atoms with Gasteiger partial charge in [0.15, 0.2) is 11.0 Å². The van der Waals surface area contributed by atoms with E-state index in [0.717, 1.165) is 18.6 Å². The highest BCUT2D eigenvalue weighted by Gasteiger charge is 2.31. The first kappa shape index (κ1) is 22.8. The number of nitrogens with zero attached hydrogens (tertiary/aromatic N) is 1. The SMILES string of the molecule is CCCC1CC(O)=C(Cc2cccc(NS(=O)c3ccc(C(F)(F)F)cn3)c2)C(=O)O1. The van der Waals surface area contributed by atoms with Gasteiger partial charge in [-0.25, -0.2) is 14.0 Å². The van der Waals surface area contributed by atoms with Crippen LogP contribution < -0.4 is 4.72 Å². The molecular formula is C21H21F3N2O4S. The molecule has 10 heteroatoms. The number of anilines is 1. The number of aliphatic hydroxyl groups is 1. The average molecular weight is 454 g/mol. The highest BCUT2D eigenvalue weighted by atomic mass is 32.2. The Morgan fingerprint density at radius 3 is 2.68 bits per heavy atom. The van der Waals surface area contributed by atoms with Crippen LogP contribution in [0.2, 0.25) is 0 Å². The largest absolute Gasteiger partial charge is 0.512 e. The van der Waals surface area contributed by atoms with Crippen LogP contribution in [0.3, 0.4) is 0 Å². The van der Waals surface area contributed by atoms with Gasteiger partial charge in [0.1, 0.15) is 16.9 Å². The number of hydrogen-bond acceptors (Lipinski definition) is 5. The molecule has 166 valence electrons. The Balaban J connectivity index is 1.70. The molecule has 1 aromatic heterocycles. The first-order chi connectivity index (χ1) is 14.7. The molecule has 0 bridgehead atoms. The number of carbonyl (C=O) groups excluding carboxylic acids is 1. The Morgan fingerprint density at radius 2 is 2.06 bits per heavy atom. The Bertz CT molecular complexity index is 1010. The maximum Gasteiger partial charge on any atom is 0.417 e. The number of hydrogen-bond donors (Lipinski definition) is 2. The van der Waals surface area contributed by atoms with Gasteiger partial charge in [-0.1, -0.05) is 25.5 Å². The fourth-order valence-corrected chi connectivity index (χ4v) is 3.93. The lowest BCUT2D eigenvalue weighted by Gasteiger charge is -2.24. The number of halogens is 3. The smallest absolute Gasteiger partial charge is 0.417 e. The highest BCUT2D eigenvalue weighted by Crippen LogP contribution is 2.29. The number of nitrogens with one attached hydrogen (secondary N) is 1. The fourth-order valence-electron chi connectivity index (χ4n) is 3.14. The van der Waals surface area contributed by atoms with Gasteiger partial charge in [-0.05, 0) is 36.2 Å². The van der Waals surface area contributed by atoms with Crippen molar-refractivity contribution in [3.63, 3.8) is 0 Å². The highest BCUT2D eigenvalue weighted by molar-refractivity contribution is 7.86. The second-order valence-electron chi connectivity index (χ2n) is 7.08. The molecule has 2 aromatic rings. The molecule has 0 saturated carbocycles. The number of alkyl halides is 3. The Labute approximate surface area is 179 Å². The summed E-state index contributed by atoms with van der Waals surface area (Å²) in [6.07, 6.45) is -2.31. The summed E-state index contributed by atoms with van der Waals surface area (Å²) in [6, 6.07) is 8.51. The Morgan fingerprint density at radius 1 is 1.29 bits per heavy atom. The molecule has 0 saturated heterocycles. The normalized spacial score (nSPS) is 17.9. The van der Waals surface area contributed by atoms with Gasteiger partial charge in [0.2, 0.25) is 0 Å².